The molecular formula is C11H20N4S. The summed E-state index contributed by atoms with van der Waals surface area (Å²) in [5.74, 6) is 0.783. The number of guanidine groups is 1. The molecule has 0 aromatic carbocycles. The van der Waals surface area contributed by atoms with Gasteiger partial charge in [-0.3, -0.25) is 4.99 Å². The van der Waals surface area contributed by atoms with Gasteiger partial charge in [0, 0.05) is 24.9 Å². The molecule has 0 aliphatic carbocycles. The van der Waals surface area contributed by atoms with E-state index in [1.54, 1.807) is 18.4 Å². The molecule has 0 atom stereocenters. The van der Waals surface area contributed by atoms with Crippen LogP contribution in [-0.2, 0) is 12.0 Å². The molecule has 2 N–H and O–H groups in total. The molecule has 16 heavy (non-hydrogen) atoms. The van der Waals surface area contributed by atoms with Gasteiger partial charge in [-0.2, -0.15) is 0 Å². The van der Waals surface area contributed by atoms with Crippen LogP contribution in [0.5, 0.6) is 0 Å². The van der Waals surface area contributed by atoms with Crippen LogP contribution in [0, 0.1) is 0 Å². The second kappa shape index (κ2) is 5.30. The standard InChI is InChI=1S/C11H20N4S/c1-11(2,3)9-15-8(7-16-9)6-14-10(12-4)13-5/h7H,6H2,1-5H3,(H2,12,13,14). The first-order valence-electron chi connectivity index (χ1n) is 5.30. The summed E-state index contributed by atoms with van der Waals surface area (Å²) in [6.07, 6.45) is 0. The molecule has 90 valence electrons. The van der Waals surface area contributed by atoms with E-state index in [-0.39, 0.29) is 5.41 Å². The maximum atomic E-state index is 4.60. The maximum absolute atomic E-state index is 4.60. The second-order valence-corrected chi connectivity index (χ2v) is 5.43. The van der Waals surface area contributed by atoms with E-state index in [1.165, 1.54) is 5.01 Å². The average molecular weight is 240 g/mol. The van der Waals surface area contributed by atoms with Gasteiger partial charge in [-0.15, -0.1) is 11.3 Å². The molecule has 0 radical (unpaired) electrons. The quantitative estimate of drug-likeness (QED) is 0.611. The summed E-state index contributed by atoms with van der Waals surface area (Å²) in [5, 5.41) is 9.42. The van der Waals surface area contributed by atoms with E-state index < -0.39 is 0 Å². The van der Waals surface area contributed by atoms with Crippen molar-refractivity contribution in [1.82, 2.24) is 15.6 Å². The Hall–Kier alpha value is -1.10. The monoisotopic (exact) mass is 240 g/mol. The van der Waals surface area contributed by atoms with Crippen LogP contribution >= 0.6 is 11.3 Å². The zero-order valence-electron chi connectivity index (χ0n) is 10.6. The lowest BCUT2D eigenvalue weighted by atomic mass is 9.98. The van der Waals surface area contributed by atoms with Crippen molar-refractivity contribution in [3.63, 3.8) is 0 Å². The third-order valence-corrected chi connectivity index (χ3v) is 3.41. The van der Waals surface area contributed by atoms with Gasteiger partial charge in [0.25, 0.3) is 0 Å². The fourth-order valence-corrected chi connectivity index (χ4v) is 2.09. The van der Waals surface area contributed by atoms with Gasteiger partial charge in [-0.05, 0) is 0 Å². The van der Waals surface area contributed by atoms with Gasteiger partial charge in [0.05, 0.1) is 17.2 Å². The Morgan fingerprint density at radius 2 is 2.19 bits per heavy atom. The van der Waals surface area contributed by atoms with Crippen LogP contribution in [0.3, 0.4) is 0 Å². The molecule has 1 aromatic heterocycles. The van der Waals surface area contributed by atoms with Crippen LogP contribution in [-0.4, -0.2) is 25.0 Å². The van der Waals surface area contributed by atoms with E-state index in [0.717, 1.165) is 11.7 Å². The first-order valence-corrected chi connectivity index (χ1v) is 6.18. The highest BCUT2D eigenvalue weighted by Crippen LogP contribution is 2.25. The molecule has 1 aromatic rings. The van der Waals surface area contributed by atoms with Crippen LogP contribution in [0.25, 0.3) is 0 Å². The Morgan fingerprint density at radius 1 is 1.50 bits per heavy atom. The number of nitrogens with one attached hydrogen (secondary N) is 2. The zero-order chi connectivity index (χ0) is 12.2. The van der Waals surface area contributed by atoms with Gasteiger partial charge in [0.1, 0.15) is 0 Å². The Morgan fingerprint density at radius 3 is 2.62 bits per heavy atom. The summed E-state index contributed by atoms with van der Waals surface area (Å²) in [7, 11) is 3.59. The summed E-state index contributed by atoms with van der Waals surface area (Å²) in [4.78, 5) is 8.64. The van der Waals surface area contributed by atoms with Gasteiger partial charge in [0.15, 0.2) is 5.96 Å². The molecule has 0 saturated carbocycles. The van der Waals surface area contributed by atoms with Crippen LogP contribution in [0.1, 0.15) is 31.5 Å². The van der Waals surface area contributed by atoms with Gasteiger partial charge in [0.2, 0.25) is 0 Å². The van der Waals surface area contributed by atoms with E-state index in [2.05, 4.69) is 46.8 Å². The molecule has 0 bridgehead atoms. The molecule has 0 aliphatic heterocycles. The predicted molar refractivity (Wildman–Crippen MR) is 70.1 cm³/mol. The second-order valence-electron chi connectivity index (χ2n) is 4.57. The molecule has 4 nitrogen and oxygen atoms in total. The Balaban J connectivity index is 2.60. The van der Waals surface area contributed by atoms with Crippen molar-refractivity contribution in [1.29, 1.82) is 0 Å². The fraction of sp³-hybridized carbons (Fsp3) is 0.636. The lowest BCUT2D eigenvalue weighted by Crippen LogP contribution is -2.34. The van der Waals surface area contributed by atoms with Crippen molar-refractivity contribution < 1.29 is 0 Å². The molecule has 1 rings (SSSR count). The summed E-state index contributed by atoms with van der Waals surface area (Å²) in [6, 6.07) is 0. The first-order chi connectivity index (χ1) is 7.47. The summed E-state index contributed by atoms with van der Waals surface area (Å²) < 4.78 is 0. The Kier molecular flexibility index (Phi) is 4.29. The zero-order valence-corrected chi connectivity index (χ0v) is 11.4. The number of nitrogens with zero attached hydrogens (tertiary/aromatic N) is 2. The lowest BCUT2D eigenvalue weighted by Gasteiger charge is -2.13. The summed E-state index contributed by atoms with van der Waals surface area (Å²) in [6.45, 7) is 7.24. The largest absolute Gasteiger partial charge is 0.359 e. The maximum Gasteiger partial charge on any atom is 0.191 e. The topological polar surface area (TPSA) is 49.3 Å². The van der Waals surface area contributed by atoms with Gasteiger partial charge < -0.3 is 10.6 Å². The lowest BCUT2D eigenvalue weighted by molar-refractivity contribution is 0.582. The number of rotatable bonds is 2. The molecule has 0 unspecified atom stereocenters. The van der Waals surface area contributed by atoms with Crippen molar-refractivity contribution in [3.8, 4) is 0 Å². The highest BCUT2D eigenvalue weighted by atomic mass is 32.1. The Bertz CT molecular complexity index is 362. The van der Waals surface area contributed by atoms with Crippen molar-refractivity contribution in [2.45, 2.75) is 32.7 Å². The number of hydrogen-bond acceptors (Lipinski definition) is 3. The van der Waals surface area contributed by atoms with E-state index in [1.807, 2.05) is 7.05 Å². The normalized spacial score (nSPS) is 12.7. The van der Waals surface area contributed by atoms with Gasteiger partial charge in [-0.25, -0.2) is 4.98 Å². The molecule has 0 spiro atoms. The molecule has 0 fully saturated rings. The minimum Gasteiger partial charge on any atom is -0.359 e. The van der Waals surface area contributed by atoms with E-state index in [0.29, 0.717) is 6.54 Å². The Labute approximate surface area is 101 Å². The number of thiazole rings is 1. The van der Waals surface area contributed by atoms with Crippen LogP contribution in [0.15, 0.2) is 10.4 Å². The van der Waals surface area contributed by atoms with Crippen molar-refractivity contribution >= 4 is 17.3 Å². The molecule has 0 aliphatic rings. The average Bonchev–Trinajstić information content (AvgIpc) is 2.67. The molecule has 1 heterocycles. The minimum atomic E-state index is 0.133. The third-order valence-electron chi connectivity index (χ3n) is 2.09. The van der Waals surface area contributed by atoms with Gasteiger partial charge in [-0.1, -0.05) is 20.8 Å². The van der Waals surface area contributed by atoms with E-state index in [9.17, 15) is 0 Å². The van der Waals surface area contributed by atoms with Crippen molar-refractivity contribution in [3.05, 3.63) is 16.1 Å². The van der Waals surface area contributed by atoms with Crippen LogP contribution in [0.2, 0.25) is 0 Å². The summed E-state index contributed by atoms with van der Waals surface area (Å²) in [5.41, 5.74) is 1.19. The molecular weight excluding hydrogens is 220 g/mol. The molecule has 0 amide bonds. The smallest absolute Gasteiger partial charge is 0.191 e. The fourth-order valence-electron chi connectivity index (χ4n) is 1.19. The van der Waals surface area contributed by atoms with Crippen molar-refractivity contribution in [2.24, 2.45) is 4.99 Å². The van der Waals surface area contributed by atoms with Crippen LogP contribution < -0.4 is 10.6 Å². The highest BCUT2D eigenvalue weighted by Gasteiger charge is 2.17. The van der Waals surface area contributed by atoms with E-state index in [4.69, 9.17) is 0 Å². The van der Waals surface area contributed by atoms with E-state index >= 15 is 0 Å². The summed E-state index contributed by atoms with van der Waals surface area (Å²) >= 11 is 1.71. The molecule has 5 heteroatoms. The first kappa shape index (κ1) is 13.0. The number of aliphatic imine (C=N–C) groups is 1. The third kappa shape index (κ3) is 3.48. The van der Waals surface area contributed by atoms with Gasteiger partial charge >= 0.3 is 0 Å². The van der Waals surface area contributed by atoms with Crippen molar-refractivity contribution in [2.75, 3.05) is 14.1 Å². The predicted octanol–water partition coefficient (Wildman–Crippen LogP) is 1.74. The van der Waals surface area contributed by atoms with Crippen LogP contribution in [0.4, 0.5) is 0 Å². The minimum absolute atomic E-state index is 0.133. The SMILES string of the molecule is CN=C(NC)NCc1csc(C(C)(C)C)n1. The number of hydrogen-bond donors (Lipinski definition) is 2. The molecule has 0 saturated heterocycles. The number of aromatic nitrogens is 1. The highest BCUT2D eigenvalue weighted by molar-refractivity contribution is 7.09.